The van der Waals surface area contributed by atoms with Crippen LogP contribution in [0.25, 0.3) is 0 Å². The van der Waals surface area contributed by atoms with Gasteiger partial charge in [-0.15, -0.1) is 11.3 Å². The molecular formula is C16H17NO2S. The molecule has 0 fully saturated rings. The number of carbonyl (C=O) groups is 1. The minimum Gasteiger partial charge on any atom is -0.390 e. The van der Waals surface area contributed by atoms with Gasteiger partial charge in [-0.3, -0.25) is 4.79 Å². The van der Waals surface area contributed by atoms with Crippen molar-refractivity contribution in [3.63, 3.8) is 0 Å². The second kappa shape index (κ2) is 5.38. The van der Waals surface area contributed by atoms with Gasteiger partial charge in [-0.25, -0.2) is 0 Å². The van der Waals surface area contributed by atoms with E-state index < -0.39 is 6.10 Å². The molecule has 0 radical (unpaired) electrons. The average Bonchev–Trinajstić information content (AvgIpc) is 2.94. The molecule has 1 aliphatic carbocycles. The summed E-state index contributed by atoms with van der Waals surface area (Å²) in [5, 5.41) is 13.1. The number of rotatable bonds is 3. The Morgan fingerprint density at radius 3 is 2.90 bits per heavy atom. The maximum atomic E-state index is 12.1. The Kier molecular flexibility index (Phi) is 3.59. The molecule has 104 valence electrons. The van der Waals surface area contributed by atoms with Crippen LogP contribution in [0.4, 0.5) is 0 Å². The number of nitrogens with one attached hydrogen (secondary N) is 1. The maximum absolute atomic E-state index is 12.1. The Balaban J connectivity index is 1.70. The molecule has 0 saturated carbocycles. The van der Waals surface area contributed by atoms with Crippen LogP contribution in [0.5, 0.6) is 0 Å². The summed E-state index contributed by atoms with van der Waals surface area (Å²) < 4.78 is 0. The van der Waals surface area contributed by atoms with Crippen molar-refractivity contribution in [2.75, 3.05) is 0 Å². The van der Waals surface area contributed by atoms with E-state index in [0.29, 0.717) is 12.8 Å². The number of aliphatic hydroxyl groups is 1. The number of benzene rings is 1. The van der Waals surface area contributed by atoms with Crippen LogP contribution < -0.4 is 5.32 Å². The summed E-state index contributed by atoms with van der Waals surface area (Å²) in [6.07, 6.45) is 0.463. The van der Waals surface area contributed by atoms with Crippen LogP contribution in [0.2, 0.25) is 0 Å². The van der Waals surface area contributed by atoms with E-state index in [1.165, 1.54) is 4.88 Å². The van der Waals surface area contributed by atoms with Crippen molar-refractivity contribution in [3.8, 4) is 0 Å². The third kappa shape index (κ3) is 2.62. The summed E-state index contributed by atoms with van der Waals surface area (Å²) in [7, 11) is 0. The van der Waals surface area contributed by atoms with E-state index in [1.54, 1.807) is 11.3 Å². The lowest BCUT2D eigenvalue weighted by Gasteiger charge is -2.17. The number of fused-ring (bicyclic) bond motifs is 1. The molecule has 0 unspecified atom stereocenters. The minimum absolute atomic E-state index is 0.0346. The topological polar surface area (TPSA) is 49.3 Å². The summed E-state index contributed by atoms with van der Waals surface area (Å²) >= 11 is 1.64. The van der Waals surface area contributed by atoms with E-state index in [0.717, 1.165) is 16.0 Å². The largest absolute Gasteiger partial charge is 0.390 e. The lowest BCUT2D eigenvalue weighted by Crippen LogP contribution is -2.34. The first-order valence-electron chi connectivity index (χ1n) is 6.74. The normalized spacial score (nSPS) is 20.7. The molecule has 0 spiro atoms. The molecule has 1 aromatic heterocycles. The van der Waals surface area contributed by atoms with E-state index >= 15 is 0 Å². The van der Waals surface area contributed by atoms with Crippen LogP contribution in [-0.2, 0) is 17.6 Å². The first-order chi connectivity index (χ1) is 9.63. The Morgan fingerprint density at radius 1 is 1.35 bits per heavy atom. The summed E-state index contributed by atoms with van der Waals surface area (Å²) in [6, 6.07) is 11.6. The number of aliphatic hydroxyl groups excluding tert-OH is 1. The van der Waals surface area contributed by atoms with E-state index in [4.69, 9.17) is 0 Å². The summed E-state index contributed by atoms with van der Waals surface area (Å²) in [6.45, 7) is 2.03. The van der Waals surface area contributed by atoms with Crippen molar-refractivity contribution in [3.05, 3.63) is 57.3 Å². The smallest absolute Gasteiger partial charge is 0.225 e. The second-order valence-corrected chi connectivity index (χ2v) is 6.58. The van der Waals surface area contributed by atoms with Crippen LogP contribution in [0.15, 0.2) is 36.4 Å². The lowest BCUT2D eigenvalue weighted by molar-refractivity contribution is -0.121. The number of aryl methyl sites for hydroxylation is 1. The van der Waals surface area contributed by atoms with Crippen LogP contribution >= 0.6 is 11.3 Å². The van der Waals surface area contributed by atoms with Crippen molar-refractivity contribution in [2.45, 2.75) is 31.9 Å². The van der Waals surface area contributed by atoms with Gasteiger partial charge in [-0.05, 0) is 30.2 Å². The fraction of sp³-hybridized carbons (Fsp3) is 0.312. The molecule has 1 aromatic carbocycles. The van der Waals surface area contributed by atoms with Gasteiger partial charge in [0.25, 0.3) is 0 Å². The molecular weight excluding hydrogens is 270 g/mol. The van der Waals surface area contributed by atoms with Gasteiger partial charge >= 0.3 is 0 Å². The van der Waals surface area contributed by atoms with Crippen molar-refractivity contribution < 1.29 is 9.90 Å². The van der Waals surface area contributed by atoms with Crippen molar-refractivity contribution >= 4 is 17.2 Å². The molecule has 2 atom stereocenters. The SMILES string of the molecule is Cc1ccc(CC(=O)N[C@H]2c3ccccc3C[C@H]2O)s1. The Labute approximate surface area is 122 Å². The van der Waals surface area contributed by atoms with E-state index in [2.05, 4.69) is 5.32 Å². The highest BCUT2D eigenvalue weighted by molar-refractivity contribution is 7.12. The Hall–Kier alpha value is -1.65. The Bertz CT molecular complexity index is 635. The number of hydrogen-bond acceptors (Lipinski definition) is 3. The van der Waals surface area contributed by atoms with Crippen molar-refractivity contribution in [1.82, 2.24) is 5.32 Å². The van der Waals surface area contributed by atoms with Gasteiger partial charge in [-0.2, -0.15) is 0 Å². The standard InChI is InChI=1S/C16H17NO2S/c1-10-6-7-12(20-10)9-15(19)17-16-13-5-3-2-4-11(13)8-14(16)18/h2-7,14,16,18H,8-9H2,1H3,(H,17,19)/t14-,16+/m1/s1. The van der Waals surface area contributed by atoms with Crippen LogP contribution in [0, 0.1) is 6.92 Å². The molecule has 3 nitrogen and oxygen atoms in total. The molecule has 0 bridgehead atoms. The summed E-state index contributed by atoms with van der Waals surface area (Å²) in [5.74, 6) is -0.0346. The highest BCUT2D eigenvalue weighted by atomic mass is 32.1. The van der Waals surface area contributed by atoms with Gasteiger partial charge in [0.2, 0.25) is 5.91 Å². The zero-order valence-electron chi connectivity index (χ0n) is 11.3. The highest BCUT2D eigenvalue weighted by Gasteiger charge is 2.31. The van der Waals surface area contributed by atoms with Crippen LogP contribution in [-0.4, -0.2) is 17.1 Å². The first-order valence-corrected chi connectivity index (χ1v) is 7.55. The zero-order chi connectivity index (χ0) is 14.1. The molecule has 2 aromatic rings. The van der Waals surface area contributed by atoms with E-state index in [1.807, 2.05) is 43.3 Å². The maximum Gasteiger partial charge on any atom is 0.225 e. The highest BCUT2D eigenvalue weighted by Crippen LogP contribution is 2.31. The monoisotopic (exact) mass is 287 g/mol. The number of amides is 1. The van der Waals surface area contributed by atoms with Gasteiger partial charge in [0, 0.05) is 16.2 Å². The molecule has 1 amide bonds. The Morgan fingerprint density at radius 2 is 2.15 bits per heavy atom. The average molecular weight is 287 g/mol. The third-order valence-corrected chi connectivity index (χ3v) is 4.65. The van der Waals surface area contributed by atoms with Gasteiger partial charge in [0.05, 0.1) is 18.6 Å². The van der Waals surface area contributed by atoms with Gasteiger partial charge in [0.1, 0.15) is 0 Å². The number of hydrogen-bond donors (Lipinski definition) is 2. The molecule has 1 heterocycles. The number of carbonyl (C=O) groups excluding carboxylic acids is 1. The third-order valence-electron chi connectivity index (χ3n) is 3.65. The summed E-state index contributed by atoms with van der Waals surface area (Å²) in [5.41, 5.74) is 2.16. The van der Waals surface area contributed by atoms with Crippen molar-refractivity contribution in [1.29, 1.82) is 0 Å². The second-order valence-electron chi connectivity index (χ2n) is 5.20. The number of thiophene rings is 1. The molecule has 4 heteroatoms. The molecule has 1 aliphatic rings. The predicted octanol–water partition coefficient (Wildman–Crippen LogP) is 2.37. The quantitative estimate of drug-likeness (QED) is 0.910. The zero-order valence-corrected chi connectivity index (χ0v) is 12.1. The van der Waals surface area contributed by atoms with Crippen molar-refractivity contribution in [2.24, 2.45) is 0 Å². The lowest BCUT2D eigenvalue weighted by atomic mass is 10.1. The van der Waals surface area contributed by atoms with E-state index in [-0.39, 0.29) is 11.9 Å². The summed E-state index contributed by atoms with van der Waals surface area (Å²) in [4.78, 5) is 14.4. The molecule has 3 rings (SSSR count). The van der Waals surface area contributed by atoms with Crippen LogP contribution in [0.1, 0.15) is 26.9 Å². The van der Waals surface area contributed by atoms with Gasteiger partial charge in [-0.1, -0.05) is 24.3 Å². The predicted molar refractivity (Wildman–Crippen MR) is 79.8 cm³/mol. The molecule has 0 aliphatic heterocycles. The van der Waals surface area contributed by atoms with Gasteiger partial charge in [0.15, 0.2) is 0 Å². The minimum atomic E-state index is -0.526. The van der Waals surface area contributed by atoms with Crippen LogP contribution in [0.3, 0.4) is 0 Å². The molecule has 2 N–H and O–H groups in total. The molecule has 0 saturated heterocycles. The fourth-order valence-electron chi connectivity index (χ4n) is 2.71. The van der Waals surface area contributed by atoms with Gasteiger partial charge < -0.3 is 10.4 Å². The fourth-order valence-corrected chi connectivity index (χ4v) is 3.60. The first kappa shape index (κ1) is 13.3. The van der Waals surface area contributed by atoms with E-state index in [9.17, 15) is 9.90 Å². The molecule has 20 heavy (non-hydrogen) atoms.